The van der Waals surface area contributed by atoms with Gasteiger partial charge in [-0.2, -0.15) is 0 Å². The molecule has 3 nitrogen and oxygen atoms in total. The zero-order chi connectivity index (χ0) is 12.4. The van der Waals surface area contributed by atoms with E-state index in [0.29, 0.717) is 17.3 Å². The Morgan fingerprint density at radius 1 is 0.889 bits per heavy atom. The van der Waals surface area contributed by atoms with Crippen molar-refractivity contribution in [3.05, 3.63) is 66.2 Å². The third-order valence-corrected chi connectivity index (χ3v) is 2.67. The number of para-hydroxylation sites is 2. The van der Waals surface area contributed by atoms with E-state index in [0.717, 1.165) is 11.3 Å². The Bertz CT molecular complexity index is 630. The van der Waals surface area contributed by atoms with E-state index in [9.17, 15) is 0 Å². The fraction of sp³-hybridized carbons (Fsp3) is 0. The first-order chi connectivity index (χ1) is 8.83. The van der Waals surface area contributed by atoms with Crippen LogP contribution >= 0.6 is 0 Å². The highest BCUT2D eigenvalue weighted by Crippen LogP contribution is 2.32. The summed E-state index contributed by atoms with van der Waals surface area (Å²) in [6.07, 6.45) is 1.75. The molecule has 18 heavy (non-hydrogen) atoms. The normalized spacial score (nSPS) is 13.8. The van der Waals surface area contributed by atoms with E-state index in [2.05, 4.69) is 4.99 Å². The van der Waals surface area contributed by atoms with E-state index < -0.39 is 0 Å². The average molecular weight is 236 g/mol. The number of hydrogen-bond acceptors (Lipinski definition) is 3. The van der Waals surface area contributed by atoms with Crippen LogP contribution in [0.5, 0.6) is 5.75 Å². The van der Waals surface area contributed by atoms with Gasteiger partial charge in [0, 0.05) is 11.6 Å². The van der Waals surface area contributed by atoms with Crippen LogP contribution in [0.4, 0.5) is 5.69 Å². The van der Waals surface area contributed by atoms with Gasteiger partial charge in [-0.15, -0.1) is 0 Å². The maximum atomic E-state index is 5.88. The molecular formula is C15H12N2O. The van der Waals surface area contributed by atoms with E-state index in [4.69, 9.17) is 10.5 Å². The number of nitrogens with zero attached hydrogens (tertiary/aromatic N) is 1. The second-order valence-corrected chi connectivity index (χ2v) is 3.98. The number of rotatable bonds is 1. The molecule has 2 N–H and O–H groups in total. The number of nitrogens with two attached hydrogens (primary N) is 1. The van der Waals surface area contributed by atoms with Gasteiger partial charge in [0.25, 0.3) is 0 Å². The summed E-state index contributed by atoms with van der Waals surface area (Å²) < 4.78 is 5.88. The topological polar surface area (TPSA) is 47.6 Å². The van der Waals surface area contributed by atoms with Gasteiger partial charge in [-0.1, -0.05) is 42.5 Å². The molecule has 1 aliphatic rings. The summed E-state index contributed by atoms with van der Waals surface area (Å²) in [5, 5.41) is 0. The van der Waals surface area contributed by atoms with E-state index in [-0.39, 0.29) is 0 Å². The summed E-state index contributed by atoms with van der Waals surface area (Å²) in [4.78, 5) is 4.31. The van der Waals surface area contributed by atoms with Gasteiger partial charge in [0.2, 0.25) is 0 Å². The van der Waals surface area contributed by atoms with E-state index in [1.54, 1.807) is 6.08 Å². The van der Waals surface area contributed by atoms with Crippen LogP contribution in [0.2, 0.25) is 0 Å². The lowest BCUT2D eigenvalue weighted by Gasteiger charge is -2.09. The standard InChI is InChI=1S/C15H12N2O/c16-15-10-14(11-6-2-1-3-7-11)18-13-9-5-4-8-12(13)17-15/h1-10H,(H2,16,17). The molecule has 0 unspecified atom stereocenters. The largest absolute Gasteiger partial charge is 0.454 e. The zero-order valence-electron chi connectivity index (χ0n) is 9.71. The predicted octanol–water partition coefficient (Wildman–Crippen LogP) is 3.11. The highest BCUT2D eigenvalue weighted by molar-refractivity contribution is 6.00. The van der Waals surface area contributed by atoms with Crippen molar-refractivity contribution in [2.45, 2.75) is 0 Å². The van der Waals surface area contributed by atoms with Gasteiger partial charge < -0.3 is 10.5 Å². The third kappa shape index (κ3) is 1.98. The van der Waals surface area contributed by atoms with Crippen LogP contribution in [-0.2, 0) is 0 Å². The van der Waals surface area contributed by atoms with Gasteiger partial charge in [0.15, 0.2) is 5.75 Å². The summed E-state index contributed by atoms with van der Waals surface area (Å²) >= 11 is 0. The van der Waals surface area contributed by atoms with Crippen LogP contribution in [0.3, 0.4) is 0 Å². The smallest absolute Gasteiger partial charge is 0.153 e. The lowest BCUT2D eigenvalue weighted by Crippen LogP contribution is -2.08. The van der Waals surface area contributed by atoms with Gasteiger partial charge in [0.05, 0.1) is 0 Å². The van der Waals surface area contributed by atoms with Crippen LogP contribution in [0.1, 0.15) is 5.56 Å². The van der Waals surface area contributed by atoms with Crippen molar-refractivity contribution in [3.8, 4) is 5.75 Å². The molecule has 0 aromatic heterocycles. The van der Waals surface area contributed by atoms with Crippen molar-refractivity contribution in [1.29, 1.82) is 0 Å². The molecule has 0 amide bonds. The third-order valence-electron chi connectivity index (χ3n) is 2.67. The van der Waals surface area contributed by atoms with Crippen LogP contribution < -0.4 is 10.5 Å². The van der Waals surface area contributed by atoms with E-state index in [1.165, 1.54) is 0 Å². The first kappa shape index (κ1) is 10.6. The molecule has 1 aliphatic heterocycles. The molecular weight excluding hydrogens is 224 g/mol. The first-order valence-corrected chi connectivity index (χ1v) is 5.71. The Balaban J connectivity index is 2.08. The predicted molar refractivity (Wildman–Crippen MR) is 72.8 cm³/mol. The maximum Gasteiger partial charge on any atom is 0.153 e. The molecule has 0 bridgehead atoms. The molecule has 2 aromatic rings. The molecule has 3 rings (SSSR count). The first-order valence-electron chi connectivity index (χ1n) is 5.71. The summed E-state index contributed by atoms with van der Waals surface area (Å²) in [5.41, 5.74) is 7.60. The Hall–Kier alpha value is -2.55. The average Bonchev–Trinajstić information content (AvgIpc) is 2.57. The Morgan fingerprint density at radius 2 is 1.61 bits per heavy atom. The van der Waals surface area contributed by atoms with E-state index in [1.807, 2.05) is 54.6 Å². The SMILES string of the molecule is NC1=Nc2ccccc2OC(c2ccccc2)=C1. The number of fused-ring (bicyclic) bond motifs is 1. The summed E-state index contributed by atoms with van der Waals surface area (Å²) in [7, 11) is 0. The Morgan fingerprint density at radius 3 is 2.44 bits per heavy atom. The molecule has 0 saturated carbocycles. The number of amidine groups is 1. The molecule has 0 spiro atoms. The Kier molecular flexibility index (Phi) is 2.57. The van der Waals surface area contributed by atoms with Crippen LogP contribution in [0.25, 0.3) is 5.76 Å². The van der Waals surface area contributed by atoms with Crippen LogP contribution in [0, 0.1) is 0 Å². The second kappa shape index (κ2) is 4.37. The van der Waals surface area contributed by atoms with E-state index >= 15 is 0 Å². The maximum absolute atomic E-state index is 5.88. The molecule has 2 aromatic carbocycles. The summed E-state index contributed by atoms with van der Waals surface area (Å²) in [6.45, 7) is 0. The molecule has 88 valence electrons. The van der Waals surface area contributed by atoms with Crippen molar-refractivity contribution in [2.24, 2.45) is 10.7 Å². The fourth-order valence-electron chi connectivity index (χ4n) is 1.83. The number of aliphatic imine (C=N–C) groups is 1. The van der Waals surface area contributed by atoms with Crippen molar-refractivity contribution in [2.75, 3.05) is 0 Å². The molecule has 0 fully saturated rings. The molecule has 0 radical (unpaired) electrons. The number of hydrogen-bond donors (Lipinski definition) is 1. The molecule has 1 heterocycles. The lowest BCUT2D eigenvalue weighted by atomic mass is 10.2. The minimum absolute atomic E-state index is 0.443. The van der Waals surface area contributed by atoms with Gasteiger partial charge >= 0.3 is 0 Å². The quantitative estimate of drug-likeness (QED) is 0.827. The molecule has 0 saturated heterocycles. The number of ether oxygens (including phenoxy) is 1. The molecule has 0 atom stereocenters. The van der Waals surface area contributed by atoms with Gasteiger partial charge in [-0.3, -0.25) is 0 Å². The van der Waals surface area contributed by atoms with Gasteiger partial charge in [0.1, 0.15) is 17.3 Å². The van der Waals surface area contributed by atoms with Crippen molar-refractivity contribution < 1.29 is 4.74 Å². The fourth-order valence-corrected chi connectivity index (χ4v) is 1.83. The van der Waals surface area contributed by atoms with Gasteiger partial charge in [-0.25, -0.2) is 4.99 Å². The van der Waals surface area contributed by atoms with Crippen molar-refractivity contribution in [3.63, 3.8) is 0 Å². The highest BCUT2D eigenvalue weighted by atomic mass is 16.5. The van der Waals surface area contributed by atoms with Crippen LogP contribution in [-0.4, -0.2) is 5.84 Å². The minimum Gasteiger partial charge on any atom is -0.454 e. The molecule has 0 aliphatic carbocycles. The highest BCUT2D eigenvalue weighted by Gasteiger charge is 2.12. The second-order valence-electron chi connectivity index (χ2n) is 3.98. The monoisotopic (exact) mass is 236 g/mol. The summed E-state index contributed by atoms with van der Waals surface area (Å²) in [5.74, 6) is 1.87. The molecule has 3 heteroatoms. The van der Waals surface area contributed by atoms with Crippen LogP contribution in [0.15, 0.2) is 65.7 Å². The lowest BCUT2D eigenvalue weighted by molar-refractivity contribution is 0.518. The van der Waals surface area contributed by atoms with Gasteiger partial charge in [-0.05, 0) is 12.1 Å². The zero-order valence-corrected chi connectivity index (χ0v) is 9.71. The van der Waals surface area contributed by atoms with Crippen molar-refractivity contribution in [1.82, 2.24) is 0 Å². The minimum atomic E-state index is 0.443. The Labute approximate surface area is 105 Å². The van der Waals surface area contributed by atoms with Crippen molar-refractivity contribution >= 4 is 17.3 Å². The summed E-state index contributed by atoms with van der Waals surface area (Å²) in [6, 6.07) is 17.4. The number of benzene rings is 2.